The van der Waals surface area contributed by atoms with Gasteiger partial charge in [-0.25, -0.2) is 14.4 Å². The monoisotopic (exact) mass is 514 g/mol. The second-order valence-corrected chi connectivity index (χ2v) is 10.5. The van der Waals surface area contributed by atoms with Gasteiger partial charge in [-0.05, 0) is 48.4 Å². The first-order valence-electron chi connectivity index (χ1n) is 13.2. The fourth-order valence-electron chi connectivity index (χ4n) is 5.76. The molecule has 2 N–H and O–H groups in total. The van der Waals surface area contributed by atoms with Crippen LogP contribution in [0.1, 0.15) is 34.7 Å². The molecule has 0 amide bonds. The Balaban J connectivity index is 1.21. The van der Waals surface area contributed by atoms with E-state index in [1.54, 1.807) is 6.20 Å². The summed E-state index contributed by atoms with van der Waals surface area (Å²) in [4.78, 5) is 11.9. The van der Waals surface area contributed by atoms with Gasteiger partial charge in [-0.15, -0.1) is 0 Å². The number of rotatable bonds is 7. The first-order chi connectivity index (χ1) is 18.6. The first kappa shape index (κ1) is 23.7. The molecule has 0 spiro atoms. The van der Waals surface area contributed by atoms with Crippen LogP contribution in [0, 0.1) is 5.82 Å². The molecule has 8 nitrogen and oxygen atoms in total. The molecule has 1 aromatic carbocycles. The van der Waals surface area contributed by atoms with Gasteiger partial charge in [0.15, 0.2) is 0 Å². The van der Waals surface area contributed by atoms with E-state index in [-0.39, 0.29) is 5.82 Å². The summed E-state index contributed by atoms with van der Waals surface area (Å²) in [7, 11) is 2.15. The van der Waals surface area contributed by atoms with Crippen molar-refractivity contribution in [2.45, 2.75) is 38.0 Å². The van der Waals surface area contributed by atoms with E-state index in [0.29, 0.717) is 17.6 Å². The number of hydrogen-bond donors (Lipinski definition) is 2. The molecule has 9 heteroatoms. The zero-order valence-electron chi connectivity index (χ0n) is 21.4. The van der Waals surface area contributed by atoms with Gasteiger partial charge in [-0.1, -0.05) is 12.1 Å². The van der Waals surface area contributed by atoms with Crippen molar-refractivity contribution < 1.29 is 13.9 Å². The minimum Gasteiger partial charge on any atom is -0.381 e. The van der Waals surface area contributed by atoms with Crippen molar-refractivity contribution in [3.63, 3.8) is 0 Å². The number of fused-ring (bicyclic) bond motifs is 2. The number of ether oxygens (including phenoxy) is 2. The lowest BCUT2D eigenvalue weighted by atomic mass is 9.96. The fraction of sp³-hybridized carbons (Fsp3) is 0.379. The van der Waals surface area contributed by atoms with Gasteiger partial charge in [0, 0.05) is 55.7 Å². The summed E-state index contributed by atoms with van der Waals surface area (Å²) in [6.07, 6.45) is 4.59. The molecule has 2 fully saturated rings. The Labute approximate surface area is 220 Å². The predicted molar refractivity (Wildman–Crippen MR) is 143 cm³/mol. The van der Waals surface area contributed by atoms with Crippen LogP contribution in [0.4, 0.5) is 15.9 Å². The molecule has 3 aliphatic heterocycles. The Bertz CT molecular complexity index is 1490. The van der Waals surface area contributed by atoms with Crippen LogP contribution in [0.15, 0.2) is 48.8 Å². The number of aromatic nitrogens is 3. The van der Waals surface area contributed by atoms with Gasteiger partial charge in [-0.3, -0.25) is 9.30 Å². The Morgan fingerprint density at radius 1 is 1.11 bits per heavy atom. The average molecular weight is 515 g/mol. The van der Waals surface area contributed by atoms with Gasteiger partial charge in [0.1, 0.15) is 17.3 Å². The highest BCUT2D eigenvalue weighted by molar-refractivity contribution is 5.75. The predicted octanol–water partition coefficient (Wildman–Crippen LogP) is 4.22. The second kappa shape index (κ2) is 9.74. The highest BCUT2D eigenvalue weighted by Crippen LogP contribution is 2.36. The van der Waals surface area contributed by atoms with E-state index in [1.807, 2.05) is 10.6 Å². The number of anilines is 2. The number of hydrogen-bond acceptors (Lipinski definition) is 7. The van der Waals surface area contributed by atoms with Gasteiger partial charge < -0.3 is 20.1 Å². The molecule has 7 rings (SSSR count). The SMILES string of the molecule is CN(Cc1nc(Nc2ccc(-c3cnc4cc(F)ccn34)c3c2CNC3)ccc1[C@@H]1CCOC1)C1COC1. The molecule has 0 unspecified atom stereocenters. The van der Waals surface area contributed by atoms with E-state index in [4.69, 9.17) is 14.5 Å². The van der Waals surface area contributed by atoms with Gasteiger partial charge in [0.2, 0.25) is 0 Å². The molecule has 0 aliphatic carbocycles. The molecule has 3 aliphatic rings. The molecule has 0 bridgehead atoms. The molecule has 2 saturated heterocycles. The van der Waals surface area contributed by atoms with E-state index in [2.05, 4.69) is 51.8 Å². The largest absolute Gasteiger partial charge is 0.381 e. The number of halogens is 1. The lowest BCUT2D eigenvalue weighted by molar-refractivity contribution is -0.0590. The first-order valence-corrected chi connectivity index (χ1v) is 13.2. The van der Waals surface area contributed by atoms with E-state index in [1.165, 1.54) is 28.8 Å². The zero-order valence-corrected chi connectivity index (χ0v) is 21.4. The second-order valence-electron chi connectivity index (χ2n) is 10.5. The molecular formula is C29H31FN6O2. The third kappa shape index (κ3) is 4.25. The van der Waals surface area contributed by atoms with Crippen LogP contribution in [0.2, 0.25) is 0 Å². The van der Waals surface area contributed by atoms with Crippen LogP contribution in [0.25, 0.3) is 16.9 Å². The fourth-order valence-corrected chi connectivity index (χ4v) is 5.76. The van der Waals surface area contributed by atoms with Crippen LogP contribution in [0.3, 0.4) is 0 Å². The lowest BCUT2D eigenvalue weighted by Crippen LogP contribution is -2.46. The van der Waals surface area contributed by atoms with E-state index in [0.717, 1.165) is 80.9 Å². The van der Waals surface area contributed by atoms with Crippen LogP contribution >= 0.6 is 0 Å². The van der Waals surface area contributed by atoms with Crippen LogP contribution in [-0.4, -0.2) is 58.8 Å². The summed E-state index contributed by atoms with van der Waals surface area (Å²) >= 11 is 0. The normalized spacial score (nSPS) is 19.3. The number of pyridine rings is 2. The Kier molecular flexibility index (Phi) is 6.08. The number of nitrogens with zero attached hydrogens (tertiary/aromatic N) is 4. The van der Waals surface area contributed by atoms with E-state index < -0.39 is 0 Å². The van der Waals surface area contributed by atoms with Crippen LogP contribution < -0.4 is 10.6 Å². The van der Waals surface area contributed by atoms with Gasteiger partial charge in [-0.2, -0.15) is 0 Å². The van der Waals surface area contributed by atoms with E-state index in [9.17, 15) is 4.39 Å². The quantitative estimate of drug-likeness (QED) is 0.383. The summed E-state index contributed by atoms with van der Waals surface area (Å²) in [6, 6.07) is 11.9. The Morgan fingerprint density at radius 2 is 2.00 bits per heavy atom. The van der Waals surface area contributed by atoms with Gasteiger partial charge in [0.05, 0.1) is 43.4 Å². The highest BCUT2D eigenvalue weighted by atomic mass is 19.1. The molecule has 0 radical (unpaired) electrons. The van der Waals surface area contributed by atoms with Crippen LogP contribution in [-0.2, 0) is 29.1 Å². The minimum atomic E-state index is -0.286. The lowest BCUT2D eigenvalue weighted by Gasteiger charge is -2.35. The maximum Gasteiger partial charge on any atom is 0.140 e. The van der Waals surface area contributed by atoms with Gasteiger partial charge >= 0.3 is 0 Å². The summed E-state index contributed by atoms with van der Waals surface area (Å²) < 4.78 is 26.8. The zero-order chi connectivity index (χ0) is 25.6. The third-order valence-electron chi connectivity index (χ3n) is 8.07. The molecule has 38 heavy (non-hydrogen) atoms. The number of nitrogens with one attached hydrogen (secondary N) is 2. The Morgan fingerprint density at radius 3 is 2.82 bits per heavy atom. The van der Waals surface area contributed by atoms with Crippen LogP contribution in [0.5, 0.6) is 0 Å². The van der Waals surface area contributed by atoms with E-state index >= 15 is 0 Å². The molecule has 1 atom stereocenters. The molecule has 4 aromatic rings. The molecule has 196 valence electrons. The summed E-state index contributed by atoms with van der Waals surface area (Å²) in [5, 5.41) is 7.11. The number of imidazole rings is 1. The molecule has 6 heterocycles. The van der Waals surface area contributed by atoms with Crippen molar-refractivity contribution in [3.05, 3.63) is 77.0 Å². The number of likely N-dealkylation sites (N-methyl/N-ethyl adjacent to an activating group) is 1. The van der Waals surface area contributed by atoms with Crippen molar-refractivity contribution >= 4 is 17.2 Å². The maximum absolute atomic E-state index is 13.7. The molecule has 3 aromatic heterocycles. The van der Waals surface area contributed by atoms with Crippen molar-refractivity contribution in [1.82, 2.24) is 24.6 Å². The number of benzene rings is 1. The van der Waals surface area contributed by atoms with Crippen molar-refractivity contribution in [2.24, 2.45) is 0 Å². The Hall–Kier alpha value is -3.37. The van der Waals surface area contributed by atoms with Crippen molar-refractivity contribution in [1.29, 1.82) is 0 Å². The van der Waals surface area contributed by atoms with Crippen molar-refractivity contribution in [2.75, 3.05) is 38.8 Å². The smallest absolute Gasteiger partial charge is 0.140 e. The molecule has 0 saturated carbocycles. The standard InChI is InChI=1S/C29H31FN6O2/c1-35(20-16-38-17-20)14-26-21(18-7-9-37-15-18)3-5-28(34-26)33-25-4-2-22(23-11-31-12-24(23)25)27-13-32-29-10-19(30)6-8-36(27)29/h2-6,8,10,13,18,20,31H,7,9,11-12,14-17H2,1H3,(H,33,34)/t18-/m1/s1. The highest BCUT2D eigenvalue weighted by Gasteiger charge is 2.27. The molecular weight excluding hydrogens is 483 g/mol. The van der Waals surface area contributed by atoms with Crippen molar-refractivity contribution in [3.8, 4) is 11.3 Å². The average Bonchev–Trinajstić information content (AvgIpc) is 3.64. The summed E-state index contributed by atoms with van der Waals surface area (Å²) in [5.74, 6) is 0.948. The summed E-state index contributed by atoms with van der Waals surface area (Å²) in [6.45, 7) is 5.45. The topological polar surface area (TPSA) is 76.0 Å². The third-order valence-corrected chi connectivity index (χ3v) is 8.07. The minimum absolute atomic E-state index is 0.286. The summed E-state index contributed by atoms with van der Waals surface area (Å²) in [5.41, 5.74) is 8.54. The van der Waals surface area contributed by atoms with Gasteiger partial charge in [0.25, 0.3) is 0 Å². The maximum atomic E-state index is 13.7.